The fourth-order valence-corrected chi connectivity index (χ4v) is 3.47. The smallest absolute Gasteiger partial charge is 0.193 e. The number of hydrogen-bond donors (Lipinski definition) is 2. The van der Waals surface area contributed by atoms with Crippen LogP contribution >= 0.6 is 24.0 Å². The van der Waals surface area contributed by atoms with Gasteiger partial charge in [-0.25, -0.2) is 4.98 Å². The lowest BCUT2D eigenvalue weighted by Crippen LogP contribution is -2.39. The first-order chi connectivity index (χ1) is 13.3. The van der Waals surface area contributed by atoms with Crippen LogP contribution in [-0.2, 0) is 11.3 Å². The molecule has 0 unspecified atom stereocenters. The third-order valence-corrected chi connectivity index (χ3v) is 4.93. The van der Waals surface area contributed by atoms with Crippen molar-refractivity contribution in [3.05, 3.63) is 42.4 Å². The number of ether oxygens (including phenoxy) is 1. The van der Waals surface area contributed by atoms with Gasteiger partial charge in [0.2, 0.25) is 0 Å². The molecule has 28 heavy (non-hydrogen) atoms. The highest BCUT2D eigenvalue weighted by molar-refractivity contribution is 14.0. The van der Waals surface area contributed by atoms with Crippen LogP contribution in [0, 0.1) is 0 Å². The number of benzene rings is 1. The third kappa shape index (κ3) is 6.77. The molecule has 7 heteroatoms. The molecule has 154 valence electrons. The van der Waals surface area contributed by atoms with Crippen molar-refractivity contribution in [1.82, 2.24) is 20.2 Å². The number of nitrogens with zero attached hydrogens (tertiary/aromatic N) is 3. The van der Waals surface area contributed by atoms with Crippen LogP contribution in [0.1, 0.15) is 37.9 Å². The topological polar surface area (TPSA) is 65.5 Å². The second kappa shape index (κ2) is 12.1. The van der Waals surface area contributed by atoms with Gasteiger partial charge in [0.15, 0.2) is 5.96 Å². The summed E-state index contributed by atoms with van der Waals surface area (Å²) in [4.78, 5) is 14.3. The predicted octanol–water partition coefficient (Wildman–Crippen LogP) is 4.05. The Kier molecular flexibility index (Phi) is 9.77. The van der Waals surface area contributed by atoms with E-state index in [1.54, 1.807) is 0 Å². The van der Waals surface area contributed by atoms with Crippen LogP contribution in [0.5, 0.6) is 0 Å². The van der Waals surface area contributed by atoms with Crippen LogP contribution in [0.2, 0.25) is 0 Å². The van der Waals surface area contributed by atoms with E-state index in [1.165, 1.54) is 25.7 Å². The maximum atomic E-state index is 5.91. The number of imidazole rings is 1. The number of rotatable bonds is 8. The molecule has 0 bridgehead atoms. The van der Waals surface area contributed by atoms with E-state index in [9.17, 15) is 0 Å². The summed E-state index contributed by atoms with van der Waals surface area (Å²) in [5.74, 6) is 1.79. The molecule has 0 saturated heterocycles. The lowest BCUT2D eigenvalue weighted by atomic mass is 10.2. The van der Waals surface area contributed by atoms with Gasteiger partial charge in [-0.2, -0.15) is 0 Å². The van der Waals surface area contributed by atoms with Crippen LogP contribution < -0.4 is 5.32 Å². The summed E-state index contributed by atoms with van der Waals surface area (Å²) in [6, 6.07) is 10.2. The van der Waals surface area contributed by atoms with Crippen LogP contribution in [0.15, 0.2) is 41.5 Å². The van der Waals surface area contributed by atoms with Crippen molar-refractivity contribution < 1.29 is 4.74 Å². The van der Waals surface area contributed by atoms with Gasteiger partial charge in [-0.15, -0.1) is 24.0 Å². The Balaban J connectivity index is 0.00000280. The molecule has 2 N–H and O–H groups in total. The minimum atomic E-state index is 0. The molecule has 0 radical (unpaired) electrons. The summed E-state index contributed by atoms with van der Waals surface area (Å²) in [6.07, 6.45) is 8.46. The molecule has 1 fully saturated rings. The quantitative estimate of drug-likeness (QED) is 0.250. The zero-order chi connectivity index (χ0) is 18.9. The molecule has 3 rings (SSSR count). The first kappa shape index (κ1) is 22.7. The molecule has 1 saturated carbocycles. The minimum Gasteiger partial charge on any atom is -0.378 e. The lowest BCUT2D eigenvalue weighted by molar-refractivity contribution is 0.0573. The molecule has 1 aromatic heterocycles. The van der Waals surface area contributed by atoms with Crippen molar-refractivity contribution in [3.63, 3.8) is 0 Å². The van der Waals surface area contributed by atoms with E-state index < -0.39 is 0 Å². The minimum absolute atomic E-state index is 0. The van der Waals surface area contributed by atoms with Gasteiger partial charge in [0.05, 0.1) is 24.5 Å². The maximum Gasteiger partial charge on any atom is 0.193 e. The van der Waals surface area contributed by atoms with Gasteiger partial charge in [0, 0.05) is 27.2 Å². The summed E-state index contributed by atoms with van der Waals surface area (Å²) in [5, 5.41) is 3.41. The van der Waals surface area contributed by atoms with Crippen molar-refractivity contribution in [1.29, 1.82) is 0 Å². The SMILES string of the molecule is CN=C(NCCCOC1CCCC1)N(C)Cc1ncc(-c2ccccc2)[nH]1.I. The number of aromatic amines is 1. The maximum absolute atomic E-state index is 5.91. The van der Waals surface area contributed by atoms with Crippen molar-refractivity contribution in [2.45, 2.75) is 44.8 Å². The highest BCUT2D eigenvalue weighted by Crippen LogP contribution is 2.20. The average molecular weight is 497 g/mol. The zero-order valence-corrected chi connectivity index (χ0v) is 19.2. The predicted molar refractivity (Wildman–Crippen MR) is 125 cm³/mol. The van der Waals surface area contributed by atoms with E-state index >= 15 is 0 Å². The van der Waals surface area contributed by atoms with Gasteiger partial charge in [-0.05, 0) is 24.8 Å². The first-order valence-corrected chi connectivity index (χ1v) is 9.89. The second-order valence-corrected chi connectivity index (χ2v) is 7.07. The van der Waals surface area contributed by atoms with E-state index in [-0.39, 0.29) is 24.0 Å². The fourth-order valence-electron chi connectivity index (χ4n) is 3.47. The van der Waals surface area contributed by atoms with Crippen LogP contribution in [0.25, 0.3) is 11.3 Å². The van der Waals surface area contributed by atoms with Crippen LogP contribution in [0.4, 0.5) is 0 Å². The van der Waals surface area contributed by atoms with Crippen molar-refractivity contribution in [2.75, 3.05) is 27.2 Å². The zero-order valence-electron chi connectivity index (χ0n) is 16.9. The van der Waals surface area contributed by atoms with Crippen molar-refractivity contribution in [3.8, 4) is 11.3 Å². The number of nitrogens with one attached hydrogen (secondary N) is 2. The Morgan fingerprint density at radius 3 is 2.75 bits per heavy atom. The Bertz CT molecular complexity index is 713. The summed E-state index contributed by atoms with van der Waals surface area (Å²) in [6.45, 7) is 2.35. The van der Waals surface area contributed by atoms with Gasteiger partial charge < -0.3 is 19.9 Å². The Labute approximate surface area is 185 Å². The molecule has 1 heterocycles. The molecule has 1 aliphatic rings. The normalized spacial score (nSPS) is 14.7. The molecule has 0 aliphatic heterocycles. The average Bonchev–Trinajstić information content (AvgIpc) is 3.37. The highest BCUT2D eigenvalue weighted by Gasteiger charge is 2.15. The molecule has 0 spiro atoms. The molecule has 0 atom stereocenters. The summed E-state index contributed by atoms with van der Waals surface area (Å²) < 4.78 is 5.91. The van der Waals surface area contributed by atoms with Crippen molar-refractivity contribution in [2.24, 2.45) is 4.99 Å². The van der Waals surface area contributed by atoms with Gasteiger partial charge >= 0.3 is 0 Å². The van der Waals surface area contributed by atoms with E-state index in [1.807, 2.05) is 38.5 Å². The number of aliphatic imine (C=N–C) groups is 1. The van der Waals surface area contributed by atoms with Gasteiger partial charge in [0.1, 0.15) is 5.82 Å². The molecule has 2 aromatic rings. The number of halogens is 1. The van der Waals surface area contributed by atoms with Gasteiger partial charge in [0.25, 0.3) is 0 Å². The van der Waals surface area contributed by atoms with Crippen LogP contribution in [0.3, 0.4) is 0 Å². The third-order valence-electron chi connectivity index (χ3n) is 4.93. The molecule has 6 nitrogen and oxygen atoms in total. The molecular weight excluding hydrogens is 465 g/mol. The monoisotopic (exact) mass is 497 g/mol. The number of hydrogen-bond acceptors (Lipinski definition) is 3. The van der Waals surface area contributed by atoms with E-state index in [0.717, 1.165) is 42.6 Å². The van der Waals surface area contributed by atoms with Gasteiger partial charge in [-0.3, -0.25) is 4.99 Å². The number of H-pyrrole nitrogens is 1. The Morgan fingerprint density at radius 1 is 1.29 bits per heavy atom. The number of aromatic nitrogens is 2. The highest BCUT2D eigenvalue weighted by atomic mass is 127. The largest absolute Gasteiger partial charge is 0.378 e. The second-order valence-electron chi connectivity index (χ2n) is 7.07. The first-order valence-electron chi connectivity index (χ1n) is 9.89. The molecule has 1 aliphatic carbocycles. The Morgan fingerprint density at radius 2 is 2.04 bits per heavy atom. The lowest BCUT2D eigenvalue weighted by Gasteiger charge is -2.21. The van der Waals surface area contributed by atoms with E-state index in [2.05, 4.69) is 37.3 Å². The van der Waals surface area contributed by atoms with E-state index in [4.69, 9.17) is 4.74 Å². The van der Waals surface area contributed by atoms with Crippen molar-refractivity contribution >= 4 is 29.9 Å². The Hall–Kier alpha value is -1.61. The summed E-state index contributed by atoms with van der Waals surface area (Å²) >= 11 is 0. The van der Waals surface area contributed by atoms with Crippen LogP contribution in [-0.4, -0.2) is 54.2 Å². The molecule has 0 amide bonds. The van der Waals surface area contributed by atoms with E-state index in [0.29, 0.717) is 12.6 Å². The molecule has 1 aromatic carbocycles. The standard InChI is InChI=1S/C21H31N5O.HI/c1-22-21(23-13-8-14-27-18-11-6-7-12-18)26(2)16-20-24-15-19(25-20)17-9-4-3-5-10-17;/h3-5,9-10,15,18H,6-8,11-14,16H2,1-2H3,(H,22,23)(H,24,25);1H. The summed E-state index contributed by atoms with van der Waals surface area (Å²) in [5.41, 5.74) is 2.18. The van der Waals surface area contributed by atoms with Gasteiger partial charge in [-0.1, -0.05) is 43.2 Å². The summed E-state index contributed by atoms with van der Waals surface area (Å²) in [7, 11) is 3.83. The number of guanidine groups is 1. The molecular formula is C21H32IN5O. The fraction of sp³-hybridized carbons (Fsp3) is 0.524.